The molecule has 0 aliphatic rings. The first-order valence-electron chi connectivity index (χ1n) is 8.43. The zero-order valence-electron chi connectivity index (χ0n) is 15.7. The second kappa shape index (κ2) is 7.95. The summed E-state index contributed by atoms with van der Waals surface area (Å²) in [7, 11) is 4.80. The number of aromatic nitrogens is 3. The summed E-state index contributed by atoms with van der Waals surface area (Å²) < 4.78 is 12.1. The lowest BCUT2D eigenvalue weighted by Gasteiger charge is -2.21. The number of carboxylic acids is 1. The first-order valence-corrected chi connectivity index (χ1v) is 8.43. The number of methoxy groups -OCH3 is 2. The Morgan fingerprint density at radius 2 is 1.79 bits per heavy atom. The van der Waals surface area contributed by atoms with Gasteiger partial charge < -0.3 is 19.5 Å². The van der Waals surface area contributed by atoms with Crippen LogP contribution in [0.4, 0.5) is 0 Å². The summed E-state index contributed by atoms with van der Waals surface area (Å²) in [6.07, 6.45) is 0. The van der Waals surface area contributed by atoms with Gasteiger partial charge in [0, 0.05) is 25.2 Å². The highest BCUT2D eigenvalue weighted by atomic mass is 16.5. The van der Waals surface area contributed by atoms with Crippen molar-refractivity contribution in [3.63, 3.8) is 0 Å². The molecule has 0 aliphatic heterocycles. The lowest BCUT2D eigenvalue weighted by molar-refractivity contribution is -0.137. The van der Waals surface area contributed by atoms with Crippen LogP contribution in [0.1, 0.15) is 15.9 Å². The Balaban J connectivity index is 1.92. The Morgan fingerprint density at radius 3 is 2.39 bits per heavy atom. The molecule has 0 bridgehead atoms. The van der Waals surface area contributed by atoms with E-state index < -0.39 is 18.4 Å². The zero-order valence-corrected chi connectivity index (χ0v) is 15.7. The smallest absolute Gasteiger partial charge is 0.323 e. The second-order valence-corrected chi connectivity index (χ2v) is 6.19. The number of carboxylic acid groups (broad SMARTS) is 1. The molecule has 2 aromatic carbocycles. The van der Waals surface area contributed by atoms with E-state index in [1.807, 2.05) is 0 Å². The maximum absolute atomic E-state index is 13.0. The maximum atomic E-state index is 13.0. The molecule has 3 aromatic rings. The molecule has 1 heterocycles. The fraction of sp³-hybridized carbons (Fsp3) is 0.263. The fourth-order valence-corrected chi connectivity index (χ4v) is 2.90. The topological polar surface area (TPSA) is 107 Å². The van der Waals surface area contributed by atoms with Gasteiger partial charge in [-0.1, -0.05) is 5.21 Å². The van der Waals surface area contributed by atoms with Gasteiger partial charge in [-0.25, -0.2) is 4.68 Å². The lowest BCUT2D eigenvalue weighted by Crippen LogP contribution is -2.35. The zero-order chi connectivity index (χ0) is 20.3. The van der Waals surface area contributed by atoms with Gasteiger partial charge in [-0.15, -0.1) is 5.10 Å². The molecule has 1 amide bonds. The minimum Gasteiger partial charge on any atom is -0.497 e. The molecule has 0 aliphatic carbocycles. The molecule has 9 heteroatoms. The Kier molecular flexibility index (Phi) is 5.44. The van der Waals surface area contributed by atoms with Gasteiger partial charge in [-0.2, -0.15) is 0 Å². The molecular weight excluding hydrogens is 364 g/mol. The van der Waals surface area contributed by atoms with Crippen LogP contribution in [-0.2, 0) is 18.4 Å². The first-order chi connectivity index (χ1) is 13.4. The average molecular weight is 384 g/mol. The van der Waals surface area contributed by atoms with Crippen molar-refractivity contribution in [2.24, 2.45) is 7.05 Å². The number of benzene rings is 2. The van der Waals surface area contributed by atoms with Crippen LogP contribution in [0.15, 0.2) is 36.4 Å². The standard InChI is InChI=1S/C19H20N4O5/c1-22-17-5-4-13(8-16(17)20-21-22)19(26)23(11-18(24)25)10-12-6-14(27-2)9-15(7-12)28-3/h4-9H,10-11H2,1-3H3,(H,24,25). The summed E-state index contributed by atoms with van der Waals surface area (Å²) in [4.78, 5) is 25.6. The van der Waals surface area contributed by atoms with Gasteiger partial charge in [0.1, 0.15) is 23.6 Å². The average Bonchev–Trinajstić information content (AvgIpc) is 3.06. The highest BCUT2D eigenvalue weighted by Crippen LogP contribution is 2.24. The second-order valence-electron chi connectivity index (χ2n) is 6.19. The number of nitrogens with zero attached hydrogens (tertiary/aromatic N) is 4. The van der Waals surface area contributed by atoms with Crippen LogP contribution < -0.4 is 9.47 Å². The van der Waals surface area contributed by atoms with E-state index in [2.05, 4.69) is 10.3 Å². The van der Waals surface area contributed by atoms with Crippen LogP contribution in [0.25, 0.3) is 11.0 Å². The number of aliphatic carboxylic acids is 1. The third kappa shape index (κ3) is 4.03. The molecule has 9 nitrogen and oxygen atoms in total. The summed E-state index contributed by atoms with van der Waals surface area (Å²) in [5, 5.41) is 17.2. The van der Waals surface area contributed by atoms with E-state index in [1.165, 1.54) is 19.1 Å². The summed E-state index contributed by atoms with van der Waals surface area (Å²) in [5.41, 5.74) is 2.36. The van der Waals surface area contributed by atoms with Gasteiger partial charge in [-0.05, 0) is 35.9 Å². The van der Waals surface area contributed by atoms with Crippen LogP contribution >= 0.6 is 0 Å². The van der Waals surface area contributed by atoms with Crippen LogP contribution in [0.5, 0.6) is 11.5 Å². The molecule has 0 saturated carbocycles. The van der Waals surface area contributed by atoms with Crippen molar-refractivity contribution in [1.29, 1.82) is 0 Å². The molecule has 1 N–H and O–H groups in total. The number of carbonyl (C=O) groups excluding carboxylic acids is 1. The van der Waals surface area contributed by atoms with Gasteiger partial charge in [0.25, 0.3) is 5.91 Å². The number of fused-ring (bicyclic) bond motifs is 1. The van der Waals surface area contributed by atoms with Crippen molar-refractivity contribution in [3.8, 4) is 11.5 Å². The van der Waals surface area contributed by atoms with E-state index in [0.29, 0.717) is 28.1 Å². The minimum absolute atomic E-state index is 0.0806. The van der Waals surface area contributed by atoms with Crippen molar-refractivity contribution in [3.05, 3.63) is 47.5 Å². The predicted molar refractivity (Wildman–Crippen MR) is 100 cm³/mol. The van der Waals surface area contributed by atoms with Crippen LogP contribution in [0.2, 0.25) is 0 Å². The monoisotopic (exact) mass is 384 g/mol. The first kappa shape index (κ1) is 19.2. The van der Waals surface area contributed by atoms with E-state index in [9.17, 15) is 14.7 Å². The molecule has 28 heavy (non-hydrogen) atoms. The minimum atomic E-state index is -1.11. The summed E-state index contributed by atoms with van der Waals surface area (Å²) >= 11 is 0. The van der Waals surface area contributed by atoms with E-state index in [1.54, 1.807) is 48.1 Å². The number of carbonyl (C=O) groups is 2. The third-order valence-corrected chi connectivity index (χ3v) is 4.26. The molecule has 0 spiro atoms. The van der Waals surface area contributed by atoms with Gasteiger partial charge in [-0.3, -0.25) is 9.59 Å². The Bertz CT molecular complexity index is 1010. The number of amides is 1. The highest BCUT2D eigenvalue weighted by Gasteiger charge is 2.20. The Labute approximate surface area is 161 Å². The van der Waals surface area contributed by atoms with E-state index in [-0.39, 0.29) is 6.54 Å². The van der Waals surface area contributed by atoms with Crippen LogP contribution in [0, 0.1) is 0 Å². The molecule has 0 radical (unpaired) electrons. The van der Waals surface area contributed by atoms with Crippen molar-refractivity contribution < 1.29 is 24.2 Å². The van der Waals surface area contributed by atoms with Crippen molar-refractivity contribution in [2.75, 3.05) is 20.8 Å². The number of ether oxygens (including phenoxy) is 2. The van der Waals surface area contributed by atoms with Crippen molar-refractivity contribution in [2.45, 2.75) is 6.54 Å². The van der Waals surface area contributed by atoms with Gasteiger partial charge in [0.05, 0.1) is 19.7 Å². The Morgan fingerprint density at radius 1 is 1.11 bits per heavy atom. The Hall–Kier alpha value is -3.62. The number of hydrogen-bond acceptors (Lipinski definition) is 6. The van der Waals surface area contributed by atoms with E-state index in [4.69, 9.17) is 9.47 Å². The lowest BCUT2D eigenvalue weighted by atomic mass is 10.1. The molecular formula is C19H20N4O5. The number of hydrogen-bond donors (Lipinski definition) is 1. The van der Waals surface area contributed by atoms with Crippen molar-refractivity contribution in [1.82, 2.24) is 19.9 Å². The predicted octanol–water partition coefficient (Wildman–Crippen LogP) is 1.71. The van der Waals surface area contributed by atoms with E-state index in [0.717, 1.165) is 5.52 Å². The number of rotatable bonds is 7. The largest absolute Gasteiger partial charge is 0.497 e. The van der Waals surface area contributed by atoms with Crippen molar-refractivity contribution >= 4 is 22.9 Å². The van der Waals surface area contributed by atoms with Gasteiger partial charge in [0.15, 0.2) is 0 Å². The molecule has 3 rings (SSSR count). The van der Waals surface area contributed by atoms with Gasteiger partial charge >= 0.3 is 5.97 Å². The fourth-order valence-electron chi connectivity index (χ4n) is 2.90. The summed E-state index contributed by atoms with van der Waals surface area (Å²) in [6.45, 7) is -0.367. The molecule has 146 valence electrons. The summed E-state index contributed by atoms with van der Waals surface area (Å²) in [6, 6.07) is 10.1. The third-order valence-electron chi connectivity index (χ3n) is 4.26. The van der Waals surface area contributed by atoms with Crippen LogP contribution in [0.3, 0.4) is 0 Å². The van der Waals surface area contributed by atoms with Crippen LogP contribution in [-0.4, -0.2) is 57.6 Å². The van der Waals surface area contributed by atoms with E-state index >= 15 is 0 Å². The normalized spacial score (nSPS) is 10.7. The molecule has 0 unspecified atom stereocenters. The summed E-state index contributed by atoms with van der Waals surface area (Å²) in [5.74, 6) is -0.420. The molecule has 0 atom stereocenters. The SMILES string of the molecule is COc1cc(CN(CC(=O)O)C(=O)c2ccc3c(c2)nnn3C)cc(OC)c1. The molecule has 0 fully saturated rings. The number of aryl methyl sites for hydroxylation is 1. The molecule has 1 aromatic heterocycles. The maximum Gasteiger partial charge on any atom is 0.323 e. The quantitative estimate of drug-likeness (QED) is 0.661. The van der Waals surface area contributed by atoms with Gasteiger partial charge in [0.2, 0.25) is 0 Å². The highest BCUT2D eigenvalue weighted by molar-refractivity contribution is 5.98. The molecule has 0 saturated heterocycles.